The summed E-state index contributed by atoms with van der Waals surface area (Å²) in [6.45, 7) is 3.79. The van der Waals surface area contributed by atoms with Gasteiger partial charge in [-0.3, -0.25) is 9.78 Å². The van der Waals surface area contributed by atoms with Crippen LogP contribution in [0.1, 0.15) is 54.9 Å². The van der Waals surface area contributed by atoms with Gasteiger partial charge in [0.1, 0.15) is 5.82 Å². The highest BCUT2D eigenvalue weighted by molar-refractivity contribution is 5.98. The molecule has 0 aliphatic heterocycles. The van der Waals surface area contributed by atoms with Crippen LogP contribution in [0.25, 0.3) is 0 Å². The number of halogens is 1. The highest BCUT2D eigenvalue weighted by atomic mass is 19.1. The number of primary amides is 1. The maximum absolute atomic E-state index is 14.5. The Labute approximate surface area is 157 Å². The van der Waals surface area contributed by atoms with Crippen LogP contribution in [0.2, 0.25) is 0 Å². The van der Waals surface area contributed by atoms with Crippen LogP contribution in [0.5, 0.6) is 0 Å². The van der Waals surface area contributed by atoms with E-state index in [1.807, 2.05) is 26.1 Å². The van der Waals surface area contributed by atoms with Crippen LogP contribution >= 0.6 is 0 Å². The molecule has 0 radical (unpaired) electrons. The molecular weight excluding hydrogens is 347 g/mol. The van der Waals surface area contributed by atoms with Crippen LogP contribution in [-0.2, 0) is 0 Å². The lowest BCUT2D eigenvalue weighted by Gasteiger charge is -2.22. The summed E-state index contributed by atoms with van der Waals surface area (Å²) in [5.41, 5.74) is 13.1. The molecule has 1 amide bonds. The third kappa shape index (κ3) is 4.51. The van der Waals surface area contributed by atoms with Crippen LogP contribution in [0, 0.1) is 5.82 Å². The van der Waals surface area contributed by atoms with E-state index in [2.05, 4.69) is 20.6 Å². The number of aromatic nitrogens is 2. The summed E-state index contributed by atoms with van der Waals surface area (Å²) in [5, 5.41) is 6.06. The second-order valence-electron chi connectivity index (χ2n) is 7.00. The summed E-state index contributed by atoms with van der Waals surface area (Å²) in [6, 6.07) is 2.71. The van der Waals surface area contributed by atoms with E-state index >= 15 is 0 Å². The van der Waals surface area contributed by atoms with Crippen LogP contribution in [-0.4, -0.2) is 28.0 Å². The molecule has 0 saturated heterocycles. The third-order valence-corrected chi connectivity index (χ3v) is 4.71. The lowest BCUT2D eigenvalue weighted by Crippen LogP contribution is -2.38. The summed E-state index contributed by atoms with van der Waals surface area (Å²) in [5.74, 6) is -0.678. The van der Waals surface area contributed by atoms with Gasteiger partial charge < -0.3 is 22.1 Å². The van der Waals surface area contributed by atoms with Crippen molar-refractivity contribution in [2.24, 2.45) is 11.5 Å². The maximum Gasteiger partial charge on any atom is 0.252 e. The normalized spacial score (nSPS) is 15.9. The summed E-state index contributed by atoms with van der Waals surface area (Å²) in [4.78, 5) is 20.3. The highest BCUT2D eigenvalue weighted by Crippen LogP contribution is 2.40. The predicted molar refractivity (Wildman–Crippen MR) is 104 cm³/mol. The average molecular weight is 372 g/mol. The molecule has 3 rings (SSSR count). The number of hydrogen-bond acceptors (Lipinski definition) is 6. The van der Waals surface area contributed by atoms with E-state index in [9.17, 15) is 9.18 Å². The molecule has 27 heavy (non-hydrogen) atoms. The molecular formula is C19H25FN6O. The van der Waals surface area contributed by atoms with Crippen LogP contribution in [0.4, 0.5) is 21.7 Å². The Morgan fingerprint density at radius 2 is 2.07 bits per heavy atom. The molecule has 0 bridgehead atoms. The Morgan fingerprint density at radius 3 is 2.67 bits per heavy atom. The molecule has 2 aromatic rings. The van der Waals surface area contributed by atoms with Crippen LogP contribution < -0.4 is 22.1 Å². The summed E-state index contributed by atoms with van der Waals surface area (Å²) >= 11 is 0. The number of rotatable bonds is 8. The lowest BCUT2D eigenvalue weighted by atomic mass is 10.1. The van der Waals surface area contributed by atoms with Gasteiger partial charge in [-0.15, -0.1) is 0 Å². The molecule has 2 heterocycles. The van der Waals surface area contributed by atoms with Crippen molar-refractivity contribution < 1.29 is 9.18 Å². The van der Waals surface area contributed by atoms with Crippen molar-refractivity contribution in [1.29, 1.82) is 0 Å². The maximum atomic E-state index is 14.5. The number of nitrogens with two attached hydrogens (primary N) is 2. The molecule has 0 unspecified atom stereocenters. The fraction of sp³-hybridized carbons (Fsp3) is 0.421. The zero-order valence-electron chi connectivity index (χ0n) is 15.5. The van der Waals surface area contributed by atoms with Gasteiger partial charge in [0.2, 0.25) is 0 Å². The van der Waals surface area contributed by atoms with Gasteiger partial charge in [0.05, 0.1) is 17.4 Å². The van der Waals surface area contributed by atoms with E-state index in [-0.39, 0.29) is 29.3 Å². The number of pyridine rings is 2. The van der Waals surface area contributed by atoms with E-state index in [0.29, 0.717) is 18.0 Å². The number of anilines is 3. The van der Waals surface area contributed by atoms with E-state index in [4.69, 9.17) is 11.5 Å². The lowest BCUT2D eigenvalue weighted by molar-refractivity contribution is 0.100. The Morgan fingerprint density at radius 1 is 1.33 bits per heavy atom. The number of nitrogens with zero attached hydrogens (tertiary/aromatic N) is 2. The van der Waals surface area contributed by atoms with E-state index in [0.717, 1.165) is 24.5 Å². The summed E-state index contributed by atoms with van der Waals surface area (Å²) in [7, 11) is 0. The highest BCUT2D eigenvalue weighted by Gasteiger charge is 2.24. The van der Waals surface area contributed by atoms with Crippen molar-refractivity contribution in [1.82, 2.24) is 9.97 Å². The van der Waals surface area contributed by atoms with Gasteiger partial charge in [-0.05, 0) is 49.8 Å². The third-order valence-electron chi connectivity index (χ3n) is 4.71. The molecule has 144 valence electrons. The summed E-state index contributed by atoms with van der Waals surface area (Å²) in [6.07, 6.45) is 6.46. The van der Waals surface area contributed by atoms with E-state index in [1.165, 1.54) is 0 Å². The largest absolute Gasteiger partial charge is 0.365 e. The number of hydrogen-bond donors (Lipinski definition) is 4. The van der Waals surface area contributed by atoms with Crippen molar-refractivity contribution >= 4 is 23.2 Å². The minimum absolute atomic E-state index is 0.0243. The molecule has 8 heteroatoms. The van der Waals surface area contributed by atoms with Gasteiger partial charge in [0, 0.05) is 18.3 Å². The predicted octanol–water partition coefficient (Wildman–Crippen LogP) is 2.87. The van der Waals surface area contributed by atoms with Gasteiger partial charge in [0.15, 0.2) is 11.6 Å². The van der Waals surface area contributed by atoms with E-state index in [1.54, 1.807) is 6.20 Å². The first kappa shape index (κ1) is 19.0. The number of carbonyl (C=O) groups is 1. The fourth-order valence-electron chi connectivity index (χ4n) is 2.96. The Hall–Kier alpha value is -2.74. The fourth-order valence-corrected chi connectivity index (χ4v) is 2.96. The SMILES string of the molecule is CC[C@@H](Nc1nc(Nc2cncc(C3CC3)c2)c(C(N)=O)cc1F)[C@H](C)N. The van der Waals surface area contributed by atoms with Crippen LogP contribution in [0.15, 0.2) is 24.5 Å². The first-order chi connectivity index (χ1) is 12.9. The standard InChI is InChI=1S/C19H25FN6O/c1-3-16(10(2)21)25-19-15(20)7-14(17(22)27)18(26-19)24-13-6-12(8-23-9-13)11-4-5-11/h6-11,16H,3-5,21H2,1-2H3,(H2,22,27)(H2,24,25,26)/t10-,16+/m0/s1. The summed E-state index contributed by atoms with van der Waals surface area (Å²) < 4.78 is 14.5. The zero-order valence-corrected chi connectivity index (χ0v) is 15.5. The smallest absolute Gasteiger partial charge is 0.252 e. The second-order valence-corrected chi connectivity index (χ2v) is 7.00. The second kappa shape index (κ2) is 7.87. The van der Waals surface area contributed by atoms with Gasteiger partial charge in [0.25, 0.3) is 5.91 Å². The van der Waals surface area contributed by atoms with Gasteiger partial charge in [-0.2, -0.15) is 0 Å². The first-order valence-corrected chi connectivity index (χ1v) is 9.13. The van der Waals surface area contributed by atoms with Gasteiger partial charge in [-0.25, -0.2) is 9.37 Å². The van der Waals surface area contributed by atoms with Crippen molar-refractivity contribution in [2.75, 3.05) is 10.6 Å². The molecule has 0 aromatic carbocycles. The molecule has 1 fully saturated rings. The monoisotopic (exact) mass is 372 g/mol. The molecule has 0 spiro atoms. The van der Waals surface area contributed by atoms with E-state index < -0.39 is 11.7 Å². The topological polar surface area (TPSA) is 119 Å². The molecule has 2 atom stereocenters. The Balaban J connectivity index is 1.93. The number of nitrogens with one attached hydrogen (secondary N) is 2. The van der Waals surface area contributed by atoms with Crippen molar-refractivity contribution in [3.8, 4) is 0 Å². The number of carbonyl (C=O) groups excluding carboxylic acids is 1. The molecule has 1 aliphatic rings. The first-order valence-electron chi connectivity index (χ1n) is 9.13. The molecule has 1 saturated carbocycles. The zero-order chi connectivity index (χ0) is 19.6. The minimum Gasteiger partial charge on any atom is -0.365 e. The Kier molecular flexibility index (Phi) is 5.55. The molecule has 1 aliphatic carbocycles. The molecule has 7 nitrogen and oxygen atoms in total. The van der Waals surface area contributed by atoms with Crippen molar-refractivity contribution in [3.63, 3.8) is 0 Å². The van der Waals surface area contributed by atoms with Crippen LogP contribution in [0.3, 0.4) is 0 Å². The minimum atomic E-state index is -0.763. The molecule has 2 aromatic heterocycles. The van der Waals surface area contributed by atoms with Gasteiger partial charge in [-0.1, -0.05) is 6.92 Å². The Bertz CT molecular complexity index is 837. The number of amides is 1. The quantitative estimate of drug-likeness (QED) is 0.566. The molecule has 6 N–H and O–H groups in total. The average Bonchev–Trinajstić information content (AvgIpc) is 3.46. The van der Waals surface area contributed by atoms with Crippen molar-refractivity contribution in [3.05, 3.63) is 41.5 Å². The van der Waals surface area contributed by atoms with Gasteiger partial charge >= 0.3 is 0 Å². The van der Waals surface area contributed by atoms with Crippen molar-refractivity contribution in [2.45, 2.75) is 51.1 Å².